The fourth-order valence-corrected chi connectivity index (χ4v) is 1.90. The van der Waals surface area contributed by atoms with E-state index in [1.54, 1.807) is 6.92 Å². The molecule has 0 aliphatic heterocycles. The summed E-state index contributed by atoms with van der Waals surface area (Å²) in [6.07, 6.45) is 3.63. The van der Waals surface area contributed by atoms with Crippen LogP contribution in [-0.2, 0) is 4.79 Å². The van der Waals surface area contributed by atoms with Crippen LogP contribution in [0.2, 0.25) is 0 Å². The Bertz CT molecular complexity index is 526. The predicted octanol–water partition coefficient (Wildman–Crippen LogP) is 1.05. The van der Waals surface area contributed by atoms with E-state index >= 15 is 0 Å². The first kappa shape index (κ1) is 14.2. The van der Waals surface area contributed by atoms with Gasteiger partial charge in [-0.2, -0.15) is 5.10 Å². The molecular formula is C14H19N5O. The highest BCUT2D eigenvalue weighted by Crippen LogP contribution is 2.12. The molecule has 0 aliphatic carbocycles. The Hall–Kier alpha value is -2.21. The molecule has 3 N–H and O–H groups in total. The van der Waals surface area contributed by atoms with Gasteiger partial charge in [0.2, 0.25) is 5.91 Å². The minimum absolute atomic E-state index is 0.0711. The fraction of sp³-hybridized carbons (Fsp3) is 0.357. The number of carbonyl (C=O) groups is 1. The van der Waals surface area contributed by atoms with Crippen LogP contribution in [-0.4, -0.2) is 27.2 Å². The van der Waals surface area contributed by atoms with Crippen molar-refractivity contribution in [3.63, 3.8) is 0 Å². The molecule has 2 rings (SSSR count). The topological polar surface area (TPSA) is 85.8 Å². The number of hydrogen-bond acceptors (Lipinski definition) is 4. The fourth-order valence-electron chi connectivity index (χ4n) is 1.90. The zero-order valence-corrected chi connectivity index (χ0v) is 11.4. The molecule has 1 aromatic heterocycles. The molecule has 0 aliphatic rings. The van der Waals surface area contributed by atoms with Gasteiger partial charge in [-0.25, -0.2) is 9.67 Å². The molecule has 0 fully saturated rings. The Kier molecular flexibility index (Phi) is 4.84. The number of benzene rings is 1. The minimum atomic E-state index is -0.370. The van der Waals surface area contributed by atoms with E-state index in [0.29, 0.717) is 13.0 Å². The van der Waals surface area contributed by atoms with Gasteiger partial charge >= 0.3 is 0 Å². The Morgan fingerprint density at radius 1 is 1.40 bits per heavy atom. The second-order valence-electron chi connectivity index (χ2n) is 4.65. The SMILES string of the molecule is CC(C(=O)NCCC(N)c1ccccc1)n1cncn1. The predicted molar refractivity (Wildman–Crippen MR) is 75.7 cm³/mol. The number of nitrogens with one attached hydrogen (secondary N) is 1. The van der Waals surface area contributed by atoms with Crippen LogP contribution in [0.5, 0.6) is 0 Å². The molecule has 6 nitrogen and oxygen atoms in total. The van der Waals surface area contributed by atoms with Gasteiger partial charge in [0.1, 0.15) is 18.7 Å². The first-order valence-corrected chi connectivity index (χ1v) is 6.61. The second kappa shape index (κ2) is 6.81. The lowest BCUT2D eigenvalue weighted by atomic mass is 10.1. The summed E-state index contributed by atoms with van der Waals surface area (Å²) in [5, 5.41) is 6.81. The maximum Gasteiger partial charge on any atom is 0.244 e. The molecule has 0 saturated heterocycles. The summed E-state index contributed by atoms with van der Waals surface area (Å²) in [6.45, 7) is 2.31. The van der Waals surface area contributed by atoms with Crippen LogP contribution in [0, 0.1) is 0 Å². The van der Waals surface area contributed by atoms with E-state index in [9.17, 15) is 4.79 Å². The highest BCUT2D eigenvalue weighted by Gasteiger charge is 2.15. The van der Waals surface area contributed by atoms with Crippen molar-refractivity contribution in [2.45, 2.75) is 25.4 Å². The number of nitrogens with two attached hydrogens (primary N) is 1. The van der Waals surface area contributed by atoms with Crippen molar-refractivity contribution in [2.75, 3.05) is 6.54 Å². The zero-order valence-electron chi connectivity index (χ0n) is 11.4. The van der Waals surface area contributed by atoms with E-state index in [2.05, 4.69) is 15.4 Å². The number of amides is 1. The Morgan fingerprint density at radius 2 is 2.15 bits per heavy atom. The lowest BCUT2D eigenvalue weighted by Crippen LogP contribution is -2.33. The Morgan fingerprint density at radius 3 is 2.80 bits per heavy atom. The molecule has 0 bridgehead atoms. The summed E-state index contributed by atoms with van der Waals surface area (Å²) in [7, 11) is 0. The summed E-state index contributed by atoms with van der Waals surface area (Å²) in [6, 6.07) is 9.41. The average molecular weight is 273 g/mol. The smallest absolute Gasteiger partial charge is 0.244 e. The van der Waals surface area contributed by atoms with E-state index in [1.165, 1.54) is 17.3 Å². The molecule has 2 aromatic rings. The largest absolute Gasteiger partial charge is 0.354 e. The van der Waals surface area contributed by atoms with Gasteiger partial charge in [-0.1, -0.05) is 30.3 Å². The van der Waals surface area contributed by atoms with Crippen LogP contribution in [0.1, 0.15) is 31.0 Å². The molecule has 2 unspecified atom stereocenters. The standard InChI is InChI=1S/C14H19N5O/c1-11(19-10-16-9-18-19)14(20)17-8-7-13(15)12-5-3-2-4-6-12/h2-6,9-11,13H,7-8,15H2,1H3,(H,17,20). The third kappa shape index (κ3) is 3.64. The van der Waals surface area contributed by atoms with Crippen molar-refractivity contribution >= 4 is 5.91 Å². The molecule has 0 saturated carbocycles. The van der Waals surface area contributed by atoms with E-state index in [-0.39, 0.29) is 18.0 Å². The van der Waals surface area contributed by atoms with Gasteiger partial charge in [0.05, 0.1) is 0 Å². The quantitative estimate of drug-likeness (QED) is 0.823. The lowest BCUT2D eigenvalue weighted by molar-refractivity contribution is -0.124. The molecule has 1 aromatic carbocycles. The van der Waals surface area contributed by atoms with Crippen molar-refractivity contribution < 1.29 is 4.79 Å². The summed E-state index contributed by atoms with van der Waals surface area (Å²) in [4.78, 5) is 15.7. The maximum absolute atomic E-state index is 11.9. The molecular weight excluding hydrogens is 254 g/mol. The van der Waals surface area contributed by atoms with Crippen molar-refractivity contribution in [3.8, 4) is 0 Å². The van der Waals surface area contributed by atoms with E-state index in [1.807, 2.05) is 30.3 Å². The maximum atomic E-state index is 11.9. The van der Waals surface area contributed by atoms with E-state index in [0.717, 1.165) is 5.56 Å². The highest BCUT2D eigenvalue weighted by molar-refractivity contribution is 5.79. The van der Waals surface area contributed by atoms with Crippen LogP contribution in [0.15, 0.2) is 43.0 Å². The zero-order chi connectivity index (χ0) is 14.4. The summed E-state index contributed by atoms with van der Waals surface area (Å²) < 4.78 is 1.52. The van der Waals surface area contributed by atoms with Gasteiger partial charge in [0, 0.05) is 12.6 Å². The van der Waals surface area contributed by atoms with Gasteiger partial charge in [-0.15, -0.1) is 0 Å². The number of nitrogens with zero attached hydrogens (tertiary/aromatic N) is 3. The first-order valence-electron chi connectivity index (χ1n) is 6.61. The third-order valence-corrected chi connectivity index (χ3v) is 3.20. The third-order valence-electron chi connectivity index (χ3n) is 3.20. The monoisotopic (exact) mass is 273 g/mol. The van der Waals surface area contributed by atoms with Crippen LogP contribution < -0.4 is 11.1 Å². The summed E-state index contributed by atoms with van der Waals surface area (Å²) in [5.74, 6) is -0.0873. The molecule has 0 spiro atoms. The van der Waals surface area contributed by atoms with Crippen molar-refractivity contribution in [2.24, 2.45) is 5.73 Å². The molecule has 20 heavy (non-hydrogen) atoms. The highest BCUT2D eigenvalue weighted by atomic mass is 16.2. The Balaban J connectivity index is 1.77. The minimum Gasteiger partial charge on any atom is -0.354 e. The Labute approximate surface area is 118 Å². The number of rotatable bonds is 6. The lowest BCUT2D eigenvalue weighted by Gasteiger charge is -2.15. The van der Waals surface area contributed by atoms with Crippen LogP contribution >= 0.6 is 0 Å². The summed E-state index contributed by atoms with van der Waals surface area (Å²) >= 11 is 0. The number of carbonyl (C=O) groups excluding carboxylic acids is 1. The van der Waals surface area contributed by atoms with Crippen molar-refractivity contribution in [1.82, 2.24) is 20.1 Å². The van der Waals surface area contributed by atoms with E-state index < -0.39 is 0 Å². The van der Waals surface area contributed by atoms with E-state index in [4.69, 9.17) is 5.73 Å². The first-order chi connectivity index (χ1) is 9.68. The molecule has 0 radical (unpaired) electrons. The van der Waals surface area contributed by atoms with Crippen molar-refractivity contribution in [1.29, 1.82) is 0 Å². The van der Waals surface area contributed by atoms with Gasteiger partial charge in [-0.05, 0) is 18.9 Å². The average Bonchev–Trinajstić information content (AvgIpc) is 3.01. The molecule has 2 atom stereocenters. The van der Waals surface area contributed by atoms with Gasteiger partial charge in [-0.3, -0.25) is 4.79 Å². The van der Waals surface area contributed by atoms with Gasteiger partial charge in [0.25, 0.3) is 0 Å². The second-order valence-corrected chi connectivity index (χ2v) is 4.65. The van der Waals surface area contributed by atoms with Crippen LogP contribution in [0.25, 0.3) is 0 Å². The molecule has 6 heteroatoms. The number of hydrogen-bond donors (Lipinski definition) is 2. The van der Waals surface area contributed by atoms with Crippen LogP contribution in [0.3, 0.4) is 0 Å². The molecule has 1 amide bonds. The van der Waals surface area contributed by atoms with Gasteiger partial charge < -0.3 is 11.1 Å². The number of aromatic nitrogens is 3. The molecule has 1 heterocycles. The van der Waals surface area contributed by atoms with Crippen LogP contribution in [0.4, 0.5) is 0 Å². The van der Waals surface area contributed by atoms with Gasteiger partial charge in [0.15, 0.2) is 0 Å². The normalized spacial score (nSPS) is 13.7. The van der Waals surface area contributed by atoms with Crippen molar-refractivity contribution in [3.05, 3.63) is 48.5 Å². The summed E-state index contributed by atoms with van der Waals surface area (Å²) in [5.41, 5.74) is 7.15. The molecule has 106 valence electrons.